The van der Waals surface area contributed by atoms with E-state index >= 15 is 0 Å². The van der Waals surface area contributed by atoms with Gasteiger partial charge in [-0.05, 0) is 56.3 Å². The molecule has 2 nitrogen and oxygen atoms in total. The van der Waals surface area contributed by atoms with E-state index in [0.29, 0.717) is 18.2 Å². The number of benzene rings is 2. The monoisotopic (exact) mass is 401 g/mol. The average Bonchev–Trinajstić information content (AvgIpc) is 2.83. The molecule has 0 aromatic heterocycles. The molecule has 0 amide bonds. The minimum absolute atomic E-state index is 0. The lowest BCUT2D eigenvalue weighted by Gasteiger charge is -2.38. The first-order valence-corrected chi connectivity index (χ1v) is 9.20. The second kappa shape index (κ2) is 8.03. The number of hydrogen-bond acceptors (Lipinski definition) is 2. The fourth-order valence-electron chi connectivity index (χ4n) is 4.51. The van der Waals surface area contributed by atoms with Crippen molar-refractivity contribution in [2.75, 3.05) is 7.05 Å². The molecule has 2 aromatic rings. The lowest BCUT2D eigenvalue weighted by molar-refractivity contribution is -0.0428. The minimum atomic E-state index is 0. The van der Waals surface area contributed by atoms with Gasteiger partial charge in [-0.1, -0.05) is 54.6 Å². The zero-order valence-corrected chi connectivity index (χ0v) is 16.8. The number of halogens is 1. The van der Waals surface area contributed by atoms with E-state index in [1.807, 2.05) is 0 Å². The molecule has 3 unspecified atom stereocenters. The van der Waals surface area contributed by atoms with Crippen molar-refractivity contribution in [2.24, 2.45) is 0 Å². The third kappa shape index (κ3) is 3.84. The lowest BCUT2D eigenvalue weighted by atomic mass is 9.95. The minimum Gasteiger partial charge on any atom is -0.365 e. The quantitative estimate of drug-likeness (QED) is 0.688. The van der Waals surface area contributed by atoms with Gasteiger partial charge in [-0.15, -0.1) is 17.0 Å². The Bertz CT molecular complexity index is 675. The van der Waals surface area contributed by atoms with Crippen molar-refractivity contribution in [3.8, 4) is 0 Å². The summed E-state index contributed by atoms with van der Waals surface area (Å²) in [5.41, 5.74) is 3.87. The molecule has 3 atom stereocenters. The highest BCUT2D eigenvalue weighted by Gasteiger charge is 2.39. The van der Waals surface area contributed by atoms with E-state index in [2.05, 4.69) is 73.5 Å². The van der Waals surface area contributed by atoms with E-state index in [1.165, 1.54) is 42.4 Å². The van der Waals surface area contributed by atoms with Crippen LogP contribution in [0.4, 0.5) is 0 Å². The van der Waals surface area contributed by atoms with Crippen molar-refractivity contribution in [3.05, 3.63) is 71.3 Å². The maximum absolute atomic E-state index is 6.75. The van der Waals surface area contributed by atoms with Crippen molar-refractivity contribution in [1.82, 2.24) is 4.90 Å². The van der Waals surface area contributed by atoms with E-state index in [0.717, 1.165) is 0 Å². The molecule has 2 heterocycles. The van der Waals surface area contributed by atoms with Crippen LogP contribution in [-0.2, 0) is 4.74 Å². The van der Waals surface area contributed by atoms with Gasteiger partial charge in [-0.2, -0.15) is 0 Å². The molecule has 2 aliphatic heterocycles. The van der Waals surface area contributed by atoms with Crippen LogP contribution in [0.5, 0.6) is 0 Å². The normalized spacial score (nSPS) is 26.9. The van der Waals surface area contributed by atoms with Gasteiger partial charge in [0.05, 0.1) is 6.10 Å². The van der Waals surface area contributed by atoms with Crippen molar-refractivity contribution in [3.63, 3.8) is 0 Å². The van der Waals surface area contributed by atoms with Gasteiger partial charge in [-0.3, -0.25) is 0 Å². The number of piperidine rings is 1. The molecule has 3 heteroatoms. The number of hydrogen-bond donors (Lipinski definition) is 0. The smallest absolute Gasteiger partial charge is 0.108 e. The number of fused-ring (bicyclic) bond motifs is 2. The van der Waals surface area contributed by atoms with Crippen molar-refractivity contribution in [2.45, 2.75) is 56.9 Å². The standard InChI is InChI=1S/C22H27NO.BrH/c1-16-8-6-7-11-21(16)22(17-9-4-3-5-10-17)24-20-14-18-12-13-19(15-20)23(18)2;/h3-11,18-20,22H,12-15H2,1-2H3;1H. The third-order valence-electron chi connectivity index (χ3n) is 5.96. The van der Waals surface area contributed by atoms with Gasteiger partial charge in [0, 0.05) is 12.1 Å². The van der Waals surface area contributed by atoms with Crippen LogP contribution in [0, 0.1) is 6.92 Å². The molecule has 2 aromatic carbocycles. The summed E-state index contributed by atoms with van der Waals surface area (Å²) in [6, 6.07) is 20.8. The first kappa shape index (κ1) is 18.6. The molecule has 2 fully saturated rings. The van der Waals surface area contributed by atoms with Gasteiger partial charge in [0.15, 0.2) is 0 Å². The van der Waals surface area contributed by atoms with E-state index in [9.17, 15) is 0 Å². The lowest BCUT2D eigenvalue weighted by Crippen LogP contribution is -2.43. The Hall–Kier alpha value is -1.16. The first-order valence-electron chi connectivity index (χ1n) is 9.20. The topological polar surface area (TPSA) is 12.5 Å². The fraction of sp³-hybridized carbons (Fsp3) is 0.455. The molecule has 0 aliphatic carbocycles. The Morgan fingerprint density at radius 2 is 1.52 bits per heavy atom. The van der Waals surface area contributed by atoms with Crippen LogP contribution < -0.4 is 0 Å². The Labute approximate surface area is 162 Å². The van der Waals surface area contributed by atoms with Crippen molar-refractivity contribution >= 4 is 17.0 Å². The third-order valence-corrected chi connectivity index (χ3v) is 5.96. The highest BCUT2D eigenvalue weighted by Crippen LogP contribution is 2.39. The van der Waals surface area contributed by atoms with Crippen LogP contribution in [0.1, 0.15) is 48.5 Å². The summed E-state index contributed by atoms with van der Waals surface area (Å²) in [4.78, 5) is 2.57. The molecule has 134 valence electrons. The molecule has 2 saturated heterocycles. The molecule has 0 spiro atoms. The van der Waals surface area contributed by atoms with Crippen molar-refractivity contribution < 1.29 is 4.74 Å². The number of ether oxygens (including phenoxy) is 1. The Balaban J connectivity index is 0.00000182. The Morgan fingerprint density at radius 3 is 2.16 bits per heavy atom. The van der Waals surface area contributed by atoms with Gasteiger partial charge in [0.1, 0.15) is 6.10 Å². The predicted molar refractivity (Wildman–Crippen MR) is 108 cm³/mol. The molecule has 0 N–H and O–H groups in total. The second-order valence-electron chi connectivity index (χ2n) is 7.43. The Morgan fingerprint density at radius 1 is 0.920 bits per heavy atom. The molecule has 2 aliphatic rings. The van der Waals surface area contributed by atoms with E-state index < -0.39 is 0 Å². The zero-order chi connectivity index (χ0) is 16.5. The summed E-state index contributed by atoms with van der Waals surface area (Å²) in [5, 5.41) is 0. The largest absolute Gasteiger partial charge is 0.365 e. The van der Waals surface area contributed by atoms with Gasteiger partial charge < -0.3 is 9.64 Å². The summed E-state index contributed by atoms with van der Waals surface area (Å²) in [5.74, 6) is 0. The van der Waals surface area contributed by atoms with Crippen LogP contribution >= 0.6 is 17.0 Å². The maximum atomic E-state index is 6.75. The fourth-order valence-corrected chi connectivity index (χ4v) is 4.51. The molecule has 25 heavy (non-hydrogen) atoms. The summed E-state index contributed by atoms with van der Waals surface area (Å²) >= 11 is 0. The highest BCUT2D eigenvalue weighted by molar-refractivity contribution is 8.93. The summed E-state index contributed by atoms with van der Waals surface area (Å²) in [6.45, 7) is 2.19. The van der Waals surface area contributed by atoms with E-state index in [4.69, 9.17) is 4.74 Å². The van der Waals surface area contributed by atoms with Gasteiger partial charge in [-0.25, -0.2) is 0 Å². The second-order valence-corrected chi connectivity index (χ2v) is 7.43. The van der Waals surface area contributed by atoms with E-state index in [-0.39, 0.29) is 23.1 Å². The van der Waals surface area contributed by atoms with Crippen LogP contribution in [0.15, 0.2) is 54.6 Å². The SMILES string of the molecule is Br.Cc1ccccc1C(OC1CC2CCC(C1)N2C)c1ccccc1. The van der Waals surface area contributed by atoms with Crippen LogP contribution in [-0.4, -0.2) is 30.1 Å². The van der Waals surface area contributed by atoms with Crippen molar-refractivity contribution in [1.29, 1.82) is 0 Å². The highest BCUT2D eigenvalue weighted by atomic mass is 79.9. The number of aryl methyl sites for hydroxylation is 1. The summed E-state index contributed by atoms with van der Waals surface area (Å²) < 4.78 is 6.75. The molecular formula is C22H28BrNO. The predicted octanol–water partition coefficient (Wildman–Crippen LogP) is 5.30. The zero-order valence-electron chi connectivity index (χ0n) is 15.1. The Kier molecular flexibility index (Phi) is 5.98. The number of nitrogens with zero attached hydrogens (tertiary/aromatic N) is 1. The first-order chi connectivity index (χ1) is 11.7. The molecule has 0 radical (unpaired) electrons. The molecule has 4 rings (SSSR count). The van der Waals surface area contributed by atoms with E-state index in [1.54, 1.807) is 0 Å². The van der Waals surface area contributed by atoms with Gasteiger partial charge in [0.25, 0.3) is 0 Å². The molecular weight excluding hydrogens is 374 g/mol. The average molecular weight is 402 g/mol. The molecule has 0 saturated carbocycles. The summed E-state index contributed by atoms with van der Waals surface area (Å²) in [7, 11) is 2.29. The summed E-state index contributed by atoms with van der Waals surface area (Å²) in [6.07, 6.45) is 5.41. The van der Waals surface area contributed by atoms with Gasteiger partial charge in [0.2, 0.25) is 0 Å². The number of rotatable bonds is 4. The molecule has 2 bridgehead atoms. The van der Waals surface area contributed by atoms with Crippen LogP contribution in [0.3, 0.4) is 0 Å². The van der Waals surface area contributed by atoms with Crippen LogP contribution in [0.2, 0.25) is 0 Å². The van der Waals surface area contributed by atoms with Gasteiger partial charge >= 0.3 is 0 Å². The van der Waals surface area contributed by atoms with Crippen LogP contribution in [0.25, 0.3) is 0 Å². The maximum Gasteiger partial charge on any atom is 0.108 e.